The normalized spacial score (nSPS) is 11.4. The zero-order valence-electron chi connectivity index (χ0n) is 13.9. The molecule has 1 heteroatoms. The van der Waals surface area contributed by atoms with E-state index in [1.165, 1.54) is 21.5 Å². The van der Waals surface area contributed by atoms with Crippen molar-refractivity contribution >= 4 is 23.2 Å². The Morgan fingerprint density at radius 2 is 1.13 bits per heavy atom. The molecule has 0 aromatic heterocycles. The highest BCUT2D eigenvalue weighted by molar-refractivity contribution is 7.95. The molecular formula is C22H24P+. The van der Waals surface area contributed by atoms with Crippen LogP contribution in [0.3, 0.4) is 0 Å². The predicted octanol–water partition coefficient (Wildman–Crippen LogP) is 4.56. The number of rotatable bonds is 5. The van der Waals surface area contributed by atoms with Crippen molar-refractivity contribution in [2.75, 3.05) is 6.16 Å². The van der Waals surface area contributed by atoms with Gasteiger partial charge in [0.2, 0.25) is 0 Å². The fraction of sp³-hybridized carbons (Fsp3) is 0.182. The molecule has 0 nitrogen and oxygen atoms in total. The van der Waals surface area contributed by atoms with Gasteiger partial charge in [0, 0.05) is 0 Å². The highest BCUT2D eigenvalue weighted by Gasteiger charge is 2.43. The zero-order chi connectivity index (χ0) is 16.1. The van der Waals surface area contributed by atoms with E-state index in [0.29, 0.717) is 0 Å². The fourth-order valence-corrected chi connectivity index (χ4v) is 7.45. The number of hydrogen-bond acceptors (Lipinski definition) is 0. The lowest BCUT2D eigenvalue weighted by atomic mass is 10.2. The Morgan fingerprint density at radius 1 is 0.609 bits per heavy atom. The first kappa shape index (κ1) is 16.0. The van der Waals surface area contributed by atoms with Crippen molar-refractivity contribution in [2.24, 2.45) is 0 Å². The van der Waals surface area contributed by atoms with Gasteiger partial charge in [0.15, 0.2) is 0 Å². The van der Waals surface area contributed by atoms with E-state index in [9.17, 15) is 0 Å². The van der Waals surface area contributed by atoms with Gasteiger partial charge >= 0.3 is 0 Å². The molecule has 0 saturated heterocycles. The minimum atomic E-state index is -1.57. The maximum Gasteiger partial charge on any atom is 0.111 e. The van der Waals surface area contributed by atoms with Crippen LogP contribution in [0.5, 0.6) is 0 Å². The lowest BCUT2D eigenvalue weighted by molar-refractivity contribution is 1.14. The summed E-state index contributed by atoms with van der Waals surface area (Å²) in [6.45, 7) is 4.57. The van der Waals surface area contributed by atoms with E-state index in [4.69, 9.17) is 0 Å². The van der Waals surface area contributed by atoms with Gasteiger partial charge in [-0.2, -0.15) is 0 Å². The second-order valence-electron chi connectivity index (χ2n) is 5.82. The van der Waals surface area contributed by atoms with Crippen LogP contribution in [0.25, 0.3) is 0 Å². The molecule has 0 amide bonds. The van der Waals surface area contributed by atoms with Crippen molar-refractivity contribution in [3.63, 3.8) is 0 Å². The third-order valence-electron chi connectivity index (χ3n) is 4.63. The van der Waals surface area contributed by atoms with Crippen molar-refractivity contribution in [1.82, 2.24) is 0 Å². The quantitative estimate of drug-likeness (QED) is 0.605. The maximum absolute atomic E-state index is 2.43. The first-order valence-corrected chi connectivity index (χ1v) is 10.4. The molecule has 0 bridgehead atoms. The zero-order valence-corrected chi connectivity index (χ0v) is 14.8. The van der Waals surface area contributed by atoms with Gasteiger partial charge in [-0.3, -0.25) is 0 Å². The minimum Gasteiger partial charge on any atom is -0.0620 e. The van der Waals surface area contributed by atoms with E-state index in [2.05, 4.69) is 98.8 Å². The summed E-state index contributed by atoms with van der Waals surface area (Å²) in [7, 11) is -1.57. The van der Waals surface area contributed by atoms with E-state index in [1.807, 2.05) is 0 Å². The Labute approximate surface area is 140 Å². The van der Waals surface area contributed by atoms with Crippen molar-refractivity contribution < 1.29 is 0 Å². The monoisotopic (exact) mass is 319 g/mol. The average molecular weight is 319 g/mol. The standard InChI is InChI=1S/C22H24P/c1-3-19-12-11-17-22(18-19)23(4-2,20-13-7-5-8-14-20)21-15-9-6-10-16-21/h5-18H,3-4H2,1-2H3/q+1. The second-order valence-corrected chi connectivity index (χ2v) is 9.62. The van der Waals surface area contributed by atoms with Crippen LogP contribution in [0.2, 0.25) is 0 Å². The third kappa shape index (κ3) is 2.96. The molecule has 0 fully saturated rings. The molecular weight excluding hydrogens is 295 g/mol. The summed E-state index contributed by atoms with van der Waals surface area (Å²) in [5.41, 5.74) is 1.42. The first-order chi connectivity index (χ1) is 11.3. The van der Waals surface area contributed by atoms with E-state index in [1.54, 1.807) is 0 Å². The molecule has 116 valence electrons. The Balaban J connectivity index is 2.29. The Hall–Kier alpha value is -1.91. The lowest BCUT2D eigenvalue weighted by Gasteiger charge is -2.26. The van der Waals surface area contributed by atoms with Gasteiger partial charge in [-0.05, 0) is 55.3 Å². The number of aryl methyl sites for hydroxylation is 1. The van der Waals surface area contributed by atoms with Crippen molar-refractivity contribution in [2.45, 2.75) is 20.3 Å². The van der Waals surface area contributed by atoms with Crippen molar-refractivity contribution in [3.8, 4) is 0 Å². The molecule has 3 aromatic rings. The molecule has 0 radical (unpaired) electrons. The second kappa shape index (κ2) is 7.11. The van der Waals surface area contributed by atoms with Crippen LogP contribution < -0.4 is 15.9 Å². The van der Waals surface area contributed by atoms with Crippen LogP contribution in [0.15, 0.2) is 84.9 Å². The molecule has 3 rings (SSSR count). The molecule has 0 spiro atoms. The van der Waals surface area contributed by atoms with E-state index in [0.717, 1.165) is 12.6 Å². The van der Waals surface area contributed by atoms with Gasteiger partial charge in [-0.15, -0.1) is 0 Å². The van der Waals surface area contributed by atoms with Crippen LogP contribution in [0, 0.1) is 0 Å². The molecule has 0 aliphatic carbocycles. The van der Waals surface area contributed by atoms with Gasteiger partial charge < -0.3 is 0 Å². The van der Waals surface area contributed by atoms with Gasteiger partial charge in [0.25, 0.3) is 0 Å². The summed E-state index contributed by atoms with van der Waals surface area (Å²) in [6, 6.07) is 31.4. The predicted molar refractivity (Wildman–Crippen MR) is 105 cm³/mol. The topological polar surface area (TPSA) is 0 Å². The molecule has 0 unspecified atom stereocenters. The molecule has 0 aliphatic heterocycles. The smallest absolute Gasteiger partial charge is 0.0620 e. The highest BCUT2D eigenvalue weighted by Crippen LogP contribution is 2.54. The summed E-state index contributed by atoms with van der Waals surface area (Å²) in [5.74, 6) is 0. The fourth-order valence-electron chi connectivity index (χ4n) is 3.37. The molecule has 3 aromatic carbocycles. The molecule has 0 heterocycles. The average Bonchev–Trinajstić information content (AvgIpc) is 2.65. The molecule has 0 atom stereocenters. The summed E-state index contributed by atoms with van der Waals surface area (Å²) < 4.78 is 0. The molecule has 0 aliphatic rings. The van der Waals surface area contributed by atoms with E-state index in [-0.39, 0.29) is 0 Å². The van der Waals surface area contributed by atoms with Gasteiger partial charge in [0.1, 0.15) is 23.2 Å². The van der Waals surface area contributed by atoms with Crippen LogP contribution in [-0.2, 0) is 6.42 Å². The Kier molecular flexibility index (Phi) is 4.94. The first-order valence-electron chi connectivity index (χ1n) is 8.40. The van der Waals surface area contributed by atoms with Crippen LogP contribution in [-0.4, -0.2) is 6.16 Å². The van der Waals surface area contributed by atoms with E-state index >= 15 is 0 Å². The van der Waals surface area contributed by atoms with Gasteiger partial charge in [0.05, 0.1) is 6.16 Å². The van der Waals surface area contributed by atoms with Gasteiger partial charge in [-0.25, -0.2) is 0 Å². The van der Waals surface area contributed by atoms with Crippen LogP contribution in [0.1, 0.15) is 19.4 Å². The summed E-state index contributed by atoms with van der Waals surface area (Å²) in [4.78, 5) is 0. The lowest BCUT2D eigenvalue weighted by Crippen LogP contribution is -2.32. The number of benzene rings is 3. The highest BCUT2D eigenvalue weighted by atomic mass is 31.2. The van der Waals surface area contributed by atoms with E-state index < -0.39 is 7.26 Å². The molecule has 23 heavy (non-hydrogen) atoms. The van der Waals surface area contributed by atoms with Crippen molar-refractivity contribution in [3.05, 3.63) is 90.5 Å². The van der Waals surface area contributed by atoms with Gasteiger partial charge in [-0.1, -0.05) is 55.5 Å². The summed E-state index contributed by atoms with van der Waals surface area (Å²) >= 11 is 0. The molecule has 0 N–H and O–H groups in total. The third-order valence-corrected chi connectivity index (χ3v) is 9.10. The number of hydrogen-bond donors (Lipinski definition) is 0. The maximum atomic E-state index is 2.43. The van der Waals surface area contributed by atoms with Crippen LogP contribution in [0.4, 0.5) is 0 Å². The molecule has 0 saturated carbocycles. The minimum absolute atomic E-state index is 1.08. The summed E-state index contributed by atoms with van der Waals surface area (Å²) in [5, 5.41) is 4.45. The van der Waals surface area contributed by atoms with Crippen molar-refractivity contribution in [1.29, 1.82) is 0 Å². The Bertz CT molecular complexity index is 708. The summed E-state index contributed by atoms with van der Waals surface area (Å²) in [6.07, 6.45) is 2.23. The Morgan fingerprint density at radius 3 is 1.61 bits per heavy atom. The SMILES string of the molecule is CCc1cccc([P+](CC)(c2ccccc2)c2ccccc2)c1. The largest absolute Gasteiger partial charge is 0.111 e. The van der Waals surface area contributed by atoms with Crippen LogP contribution >= 0.6 is 7.26 Å².